The number of hydrogen-bond donors (Lipinski definition) is 2. The molecular weight excluding hydrogens is 173 g/mol. The van der Waals surface area contributed by atoms with Gasteiger partial charge in [-0.15, -0.1) is 0 Å². The van der Waals surface area contributed by atoms with E-state index in [2.05, 4.69) is 4.98 Å². The summed E-state index contributed by atoms with van der Waals surface area (Å²) in [7, 11) is 0. The molecule has 0 atom stereocenters. The van der Waals surface area contributed by atoms with Crippen molar-refractivity contribution in [1.29, 1.82) is 0 Å². The van der Waals surface area contributed by atoms with E-state index in [4.69, 9.17) is 10.2 Å². The normalized spacial score (nSPS) is 8.67. The van der Waals surface area contributed by atoms with Crippen molar-refractivity contribution in [2.24, 2.45) is 0 Å². The van der Waals surface area contributed by atoms with E-state index in [1.165, 1.54) is 0 Å². The van der Waals surface area contributed by atoms with Gasteiger partial charge in [0.25, 0.3) is 0 Å². The minimum absolute atomic E-state index is 0. The van der Waals surface area contributed by atoms with Crippen LogP contribution in [0.4, 0.5) is 0 Å². The molecule has 0 bridgehead atoms. The predicted molar refractivity (Wildman–Crippen MR) is 31.9 cm³/mol. The van der Waals surface area contributed by atoms with Gasteiger partial charge in [-0.2, -0.15) is 4.98 Å². The number of aromatic carboxylic acids is 1. The topological polar surface area (TPSA) is 93.5 Å². The maximum Gasteiger partial charge on any atom is 1.00 e. The van der Waals surface area contributed by atoms with Crippen LogP contribution in [0.1, 0.15) is 10.4 Å². The molecule has 1 aromatic rings. The second kappa shape index (κ2) is 4.30. The van der Waals surface area contributed by atoms with Gasteiger partial charge in [0.15, 0.2) is 0 Å². The quantitative estimate of drug-likeness (QED) is 0.425. The molecule has 0 spiro atoms. The van der Waals surface area contributed by atoms with Gasteiger partial charge in [-0.05, 0) is 0 Å². The van der Waals surface area contributed by atoms with Crippen molar-refractivity contribution >= 4 is 5.97 Å². The summed E-state index contributed by atoms with van der Waals surface area (Å²) in [5.41, 5.74) is -0.310. The number of hydrogen-bond acceptors (Lipinski definition) is 5. The van der Waals surface area contributed by atoms with Crippen LogP contribution in [0.5, 0.6) is 11.8 Å². The Morgan fingerprint density at radius 2 is 1.75 bits per heavy atom. The van der Waals surface area contributed by atoms with Crippen LogP contribution in [0.25, 0.3) is 0 Å². The third kappa shape index (κ3) is 2.69. The molecule has 2 N–H and O–H groups in total. The smallest absolute Gasteiger partial charge is 0.545 e. The second-order valence-corrected chi connectivity index (χ2v) is 1.86. The fourth-order valence-corrected chi connectivity index (χ4v) is 0.620. The fraction of sp³-hybridized carbons (Fsp3) is 0. The predicted octanol–water partition coefficient (Wildman–Crippen LogP) is -4.14. The molecule has 5 nitrogen and oxygen atoms in total. The molecule has 12 heavy (non-hydrogen) atoms. The van der Waals surface area contributed by atoms with Gasteiger partial charge in [0, 0.05) is 17.7 Å². The standard InChI is InChI=1S/C6H5NO4.Na/c8-4-1-3(6(10)11)2-5(9)7-4;/h1-2H,(H,10,11)(H2,7,8,9);/q;+1/p-1. The molecule has 1 aromatic heterocycles. The minimum Gasteiger partial charge on any atom is -0.545 e. The average Bonchev–Trinajstić information content (AvgIpc) is 1.85. The zero-order valence-electron chi connectivity index (χ0n) is 6.31. The van der Waals surface area contributed by atoms with Gasteiger partial charge in [0.1, 0.15) is 0 Å². The zero-order chi connectivity index (χ0) is 8.43. The molecular formula is C6H4NNaO4. The number of nitrogens with zero attached hydrogens (tertiary/aromatic N) is 1. The summed E-state index contributed by atoms with van der Waals surface area (Å²) in [4.78, 5) is 13.3. The molecule has 6 heteroatoms. The number of aromatic hydroxyl groups is 2. The number of carboxylic acid groups (broad SMARTS) is 1. The molecule has 0 unspecified atom stereocenters. The Morgan fingerprint density at radius 1 is 1.33 bits per heavy atom. The number of carboxylic acids is 1. The first-order valence-electron chi connectivity index (χ1n) is 2.71. The maximum atomic E-state index is 10.1. The van der Waals surface area contributed by atoms with Crippen LogP contribution >= 0.6 is 0 Å². The first kappa shape index (κ1) is 11.2. The number of carbonyl (C=O) groups excluding carboxylic acids is 1. The Bertz CT molecular complexity index is 281. The number of carbonyl (C=O) groups is 1. The average molecular weight is 177 g/mol. The second-order valence-electron chi connectivity index (χ2n) is 1.86. The van der Waals surface area contributed by atoms with Gasteiger partial charge in [0.2, 0.25) is 11.8 Å². The van der Waals surface area contributed by atoms with Crippen LogP contribution in [-0.4, -0.2) is 21.2 Å². The van der Waals surface area contributed by atoms with E-state index in [0.29, 0.717) is 0 Å². The SMILES string of the molecule is O=C([O-])c1cc(O)nc(O)c1.[Na+]. The zero-order valence-corrected chi connectivity index (χ0v) is 8.31. The summed E-state index contributed by atoms with van der Waals surface area (Å²) >= 11 is 0. The van der Waals surface area contributed by atoms with Gasteiger partial charge >= 0.3 is 29.6 Å². The van der Waals surface area contributed by atoms with Gasteiger partial charge in [-0.1, -0.05) is 0 Å². The molecule has 0 saturated carbocycles. The molecule has 0 amide bonds. The molecule has 0 radical (unpaired) electrons. The van der Waals surface area contributed by atoms with Crippen molar-refractivity contribution in [1.82, 2.24) is 4.98 Å². The molecule has 1 rings (SSSR count). The van der Waals surface area contributed by atoms with Crippen molar-refractivity contribution in [2.75, 3.05) is 0 Å². The summed E-state index contributed by atoms with van der Waals surface area (Å²) in [5.74, 6) is -2.58. The Hall–Kier alpha value is -0.780. The fourth-order valence-electron chi connectivity index (χ4n) is 0.620. The molecule has 0 aliphatic rings. The van der Waals surface area contributed by atoms with Crippen molar-refractivity contribution in [3.05, 3.63) is 17.7 Å². The van der Waals surface area contributed by atoms with E-state index in [1.54, 1.807) is 0 Å². The van der Waals surface area contributed by atoms with E-state index in [1.807, 2.05) is 0 Å². The van der Waals surface area contributed by atoms with Crippen molar-refractivity contribution < 1.29 is 49.7 Å². The van der Waals surface area contributed by atoms with Crippen LogP contribution in [0.3, 0.4) is 0 Å². The monoisotopic (exact) mass is 177 g/mol. The summed E-state index contributed by atoms with van der Waals surface area (Å²) in [6, 6.07) is 1.77. The van der Waals surface area contributed by atoms with E-state index < -0.39 is 17.7 Å². The Labute approximate surface area is 90.0 Å². The molecule has 0 aliphatic heterocycles. The Kier molecular flexibility index (Phi) is 4.02. The third-order valence-electron chi connectivity index (χ3n) is 1.03. The molecule has 0 aromatic carbocycles. The number of aromatic nitrogens is 1. The maximum absolute atomic E-state index is 10.1. The number of rotatable bonds is 1. The van der Waals surface area contributed by atoms with Gasteiger partial charge in [-0.3, -0.25) is 0 Å². The molecule has 0 aliphatic carbocycles. The van der Waals surface area contributed by atoms with Crippen LogP contribution in [0.15, 0.2) is 12.1 Å². The number of pyridine rings is 1. The summed E-state index contributed by atoms with van der Waals surface area (Å²) in [5, 5.41) is 27.5. The van der Waals surface area contributed by atoms with E-state index in [9.17, 15) is 9.90 Å². The minimum atomic E-state index is -1.47. The Morgan fingerprint density at radius 3 is 2.08 bits per heavy atom. The largest absolute Gasteiger partial charge is 1.00 e. The molecule has 0 fully saturated rings. The van der Waals surface area contributed by atoms with Crippen molar-refractivity contribution in [3.8, 4) is 11.8 Å². The van der Waals surface area contributed by atoms with Crippen LogP contribution in [0.2, 0.25) is 0 Å². The summed E-state index contributed by atoms with van der Waals surface area (Å²) < 4.78 is 0. The van der Waals surface area contributed by atoms with E-state index in [0.717, 1.165) is 12.1 Å². The third-order valence-corrected chi connectivity index (χ3v) is 1.03. The molecule has 1 heterocycles. The first-order chi connectivity index (χ1) is 5.09. The van der Waals surface area contributed by atoms with Gasteiger partial charge in [-0.25, -0.2) is 0 Å². The van der Waals surface area contributed by atoms with Gasteiger partial charge < -0.3 is 20.1 Å². The summed E-state index contributed by atoms with van der Waals surface area (Å²) in [6.07, 6.45) is 0. The van der Waals surface area contributed by atoms with Crippen LogP contribution in [0, 0.1) is 0 Å². The first-order valence-corrected chi connectivity index (χ1v) is 2.71. The van der Waals surface area contributed by atoms with Crippen molar-refractivity contribution in [2.45, 2.75) is 0 Å². The van der Waals surface area contributed by atoms with E-state index >= 15 is 0 Å². The van der Waals surface area contributed by atoms with E-state index in [-0.39, 0.29) is 35.1 Å². The molecule has 58 valence electrons. The summed E-state index contributed by atoms with van der Waals surface area (Å²) in [6.45, 7) is 0. The van der Waals surface area contributed by atoms with Crippen molar-refractivity contribution in [3.63, 3.8) is 0 Å². The molecule has 0 saturated heterocycles. The van der Waals surface area contributed by atoms with Gasteiger partial charge in [0.05, 0.1) is 5.97 Å². The van der Waals surface area contributed by atoms with Crippen LogP contribution < -0.4 is 34.7 Å². The Balaban J connectivity index is 0.00000121. The van der Waals surface area contributed by atoms with Crippen LogP contribution in [-0.2, 0) is 0 Å².